The number of carbonyl (C=O) groups excluding carboxylic acids is 1. The predicted octanol–water partition coefficient (Wildman–Crippen LogP) is 4.71. The van der Waals surface area contributed by atoms with Gasteiger partial charge in [0, 0.05) is 49.5 Å². The maximum Gasteiger partial charge on any atom is 0.283 e. The number of morpholine rings is 1. The fraction of sp³-hybridized carbons (Fsp3) is 0.457. The highest BCUT2D eigenvalue weighted by Gasteiger charge is 2.33. The van der Waals surface area contributed by atoms with Crippen molar-refractivity contribution in [3.05, 3.63) is 83.3 Å². The molecule has 3 heterocycles. The average molecular weight is 679 g/mol. The van der Waals surface area contributed by atoms with E-state index in [9.17, 15) is 23.0 Å². The molecule has 0 atom stereocenters. The molecule has 2 saturated heterocycles. The van der Waals surface area contributed by atoms with E-state index in [0.29, 0.717) is 41.8 Å². The predicted molar refractivity (Wildman–Crippen MR) is 183 cm³/mol. The third kappa shape index (κ3) is 8.56. The van der Waals surface area contributed by atoms with E-state index >= 15 is 0 Å². The maximum atomic E-state index is 13.8. The lowest BCUT2D eigenvalue weighted by Gasteiger charge is -2.41. The van der Waals surface area contributed by atoms with Gasteiger partial charge in [-0.2, -0.15) is 0 Å². The summed E-state index contributed by atoms with van der Waals surface area (Å²) in [4.78, 5) is 22.8. The topological polar surface area (TPSA) is 137 Å². The van der Waals surface area contributed by atoms with Crippen LogP contribution >= 0.6 is 0 Å². The van der Waals surface area contributed by atoms with E-state index in [1.807, 2.05) is 30.3 Å². The standard InChI is InChI=1S/C35H43FN6O5S/c36-27-9-11-28(12-10-27)38-34-32(33(37)26-7-4-8-26)31(42-15-13-29(14-16-42)41-17-19-46-20-18-41)23-30(39-34)35(43)40-48(44,45)22-21-47-24-25-5-2-1-3-6-25/h1-3,5-6,9-12,23,26,29,37H,4,7-8,13-22,24H2,(H,38,39)(H,40,43). The Morgan fingerprint density at radius 2 is 1.71 bits per heavy atom. The van der Waals surface area contributed by atoms with Gasteiger partial charge in [0.05, 0.1) is 43.4 Å². The van der Waals surface area contributed by atoms with Crippen LogP contribution in [0.3, 0.4) is 0 Å². The number of benzene rings is 2. The summed E-state index contributed by atoms with van der Waals surface area (Å²) in [5.41, 5.74) is 3.04. The molecule has 3 N–H and O–H groups in total. The number of aromatic nitrogens is 1. The van der Waals surface area contributed by atoms with Crippen LogP contribution in [0.25, 0.3) is 0 Å². The molecule has 3 aliphatic rings. The van der Waals surface area contributed by atoms with E-state index in [2.05, 4.69) is 24.8 Å². The van der Waals surface area contributed by atoms with Gasteiger partial charge in [-0.05, 0) is 61.6 Å². The molecular formula is C35H43FN6O5S. The SMILES string of the molecule is N=C(c1c(N2CCC(N3CCOCC3)CC2)cc(C(=O)NS(=O)(=O)CCOCc2ccccc2)nc1Nc1ccc(F)cc1)C1CCC1. The first-order valence-corrected chi connectivity index (χ1v) is 18.3. The van der Waals surface area contributed by atoms with Gasteiger partial charge in [-0.25, -0.2) is 22.5 Å². The molecule has 1 saturated carbocycles. The van der Waals surface area contributed by atoms with Crippen LogP contribution in [-0.2, 0) is 26.1 Å². The second-order valence-corrected chi connectivity index (χ2v) is 14.4. The minimum Gasteiger partial charge on any atom is -0.379 e. The number of sulfonamides is 1. The molecule has 0 bridgehead atoms. The van der Waals surface area contributed by atoms with Crippen molar-refractivity contribution in [1.82, 2.24) is 14.6 Å². The lowest BCUT2D eigenvalue weighted by molar-refractivity contribution is 0.0115. The van der Waals surface area contributed by atoms with Crippen LogP contribution in [-0.4, -0.2) is 87.7 Å². The van der Waals surface area contributed by atoms with Crippen LogP contribution in [0.5, 0.6) is 0 Å². The van der Waals surface area contributed by atoms with Gasteiger partial charge in [0.1, 0.15) is 17.3 Å². The zero-order valence-corrected chi connectivity index (χ0v) is 27.8. The first-order chi connectivity index (χ1) is 23.3. The Kier molecular flexibility index (Phi) is 11.0. The summed E-state index contributed by atoms with van der Waals surface area (Å²) < 4.78 is 53.0. The van der Waals surface area contributed by atoms with E-state index in [1.54, 1.807) is 18.2 Å². The van der Waals surface area contributed by atoms with Gasteiger partial charge >= 0.3 is 0 Å². The van der Waals surface area contributed by atoms with Crippen molar-refractivity contribution in [2.24, 2.45) is 5.92 Å². The molecule has 1 aliphatic carbocycles. The molecule has 256 valence electrons. The van der Waals surface area contributed by atoms with Gasteiger partial charge in [-0.3, -0.25) is 9.69 Å². The molecule has 2 aliphatic heterocycles. The lowest BCUT2D eigenvalue weighted by atomic mass is 9.79. The molecule has 0 spiro atoms. The largest absolute Gasteiger partial charge is 0.379 e. The summed E-state index contributed by atoms with van der Waals surface area (Å²) in [5, 5.41) is 12.5. The number of hydrogen-bond donors (Lipinski definition) is 3. The van der Waals surface area contributed by atoms with E-state index in [0.717, 1.165) is 64.0 Å². The molecule has 11 nitrogen and oxygen atoms in total. The van der Waals surface area contributed by atoms with Crippen LogP contribution in [0.15, 0.2) is 60.7 Å². The monoisotopic (exact) mass is 678 g/mol. The van der Waals surface area contributed by atoms with Crippen molar-refractivity contribution in [2.75, 3.05) is 62.0 Å². The summed E-state index contributed by atoms with van der Waals surface area (Å²) in [7, 11) is -4.05. The molecule has 13 heteroatoms. The van der Waals surface area contributed by atoms with Gasteiger partial charge in [-0.1, -0.05) is 36.8 Å². The van der Waals surface area contributed by atoms with Crippen molar-refractivity contribution in [3.8, 4) is 0 Å². The van der Waals surface area contributed by atoms with Crippen LogP contribution < -0.4 is 14.9 Å². The smallest absolute Gasteiger partial charge is 0.283 e. The van der Waals surface area contributed by atoms with Crippen LogP contribution in [0.4, 0.5) is 21.6 Å². The normalized spacial score (nSPS) is 17.9. The molecular weight excluding hydrogens is 635 g/mol. The number of nitrogens with zero attached hydrogens (tertiary/aromatic N) is 3. The van der Waals surface area contributed by atoms with Gasteiger partial charge in [-0.15, -0.1) is 0 Å². The van der Waals surface area contributed by atoms with Crippen molar-refractivity contribution < 1.29 is 27.1 Å². The summed E-state index contributed by atoms with van der Waals surface area (Å²) in [6.07, 6.45) is 4.62. The molecule has 3 fully saturated rings. The Balaban J connectivity index is 1.26. The Labute approximate surface area is 281 Å². The maximum absolute atomic E-state index is 13.8. The highest BCUT2D eigenvalue weighted by Crippen LogP contribution is 2.38. The summed E-state index contributed by atoms with van der Waals surface area (Å²) in [6.45, 7) is 4.82. The van der Waals surface area contributed by atoms with Crippen molar-refractivity contribution in [1.29, 1.82) is 5.41 Å². The van der Waals surface area contributed by atoms with Crippen LogP contribution in [0.1, 0.15) is 53.7 Å². The van der Waals surface area contributed by atoms with Gasteiger partial charge in [0.25, 0.3) is 5.91 Å². The highest BCUT2D eigenvalue weighted by molar-refractivity contribution is 7.90. The number of piperidine rings is 1. The molecule has 48 heavy (non-hydrogen) atoms. The van der Waals surface area contributed by atoms with E-state index < -0.39 is 27.5 Å². The molecule has 1 amide bonds. The van der Waals surface area contributed by atoms with Crippen LogP contribution in [0, 0.1) is 17.1 Å². The highest BCUT2D eigenvalue weighted by atomic mass is 32.2. The lowest BCUT2D eigenvalue weighted by Crippen LogP contribution is -2.49. The quantitative estimate of drug-likeness (QED) is 0.174. The average Bonchev–Trinajstić information content (AvgIpc) is 3.07. The number of nitrogens with one attached hydrogen (secondary N) is 3. The van der Waals surface area contributed by atoms with Crippen molar-refractivity contribution in [3.63, 3.8) is 0 Å². The fourth-order valence-electron chi connectivity index (χ4n) is 6.42. The fourth-order valence-corrected chi connectivity index (χ4v) is 7.24. The van der Waals surface area contributed by atoms with E-state index in [1.165, 1.54) is 12.1 Å². The summed E-state index contributed by atoms with van der Waals surface area (Å²) >= 11 is 0. The third-order valence-electron chi connectivity index (χ3n) is 9.34. The van der Waals surface area contributed by atoms with E-state index in [4.69, 9.17) is 9.47 Å². The first kappa shape index (κ1) is 34.0. The molecule has 3 aromatic rings. The molecule has 6 rings (SSSR count). The van der Waals surface area contributed by atoms with Crippen LogP contribution in [0.2, 0.25) is 0 Å². The van der Waals surface area contributed by atoms with Gasteiger partial charge < -0.3 is 25.1 Å². The Morgan fingerprint density at radius 1 is 1.00 bits per heavy atom. The minimum atomic E-state index is -4.05. The number of amides is 1. The van der Waals surface area contributed by atoms with Crippen molar-refractivity contribution in [2.45, 2.75) is 44.8 Å². The number of hydrogen-bond acceptors (Lipinski definition) is 10. The summed E-state index contributed by atoms with van der Waals surface area (Å²) in [6, 6.07) is 17.2. The number of carbonyl (C=O) groups is 1. The number of pyridine rings is 1. The number of anilines is 3. The second-order valence-electron chi connectivity index (χ2n) is 12.6. The Bertz CT molecular complexity index is 1670. The molecule has 0 radical (unpaired) electrons. The summed E-state index contributed by atoms with van der Waals surface area (Å²) in [5.74, 6) is -1.35. The second kappa shape index (κ2) is 15.5. The van der Waals surface area contributed by atoms with Gasteiger partial charge in [0.15, 0.2) is 0 Å². The van der Waals surface area contributed by atoms with Crippen molar-refractivity contribution >= 4 is 38.8 Å². The minimum absolute atomic E-state index is 0.0566. The Morgan fingerprint density at radius 3 is 2.38 bits per heavy atom. The van der Waals surface area contributed by atoms with Gasteiger partial charge in [0.2, 0.25) is 10.0 Å². The Hall–Kier alpha value is -3.91. The third-order valence-corrected chi connectivity index (χ3v) is 10.5. The molecule has 0 unspecified atom stereocenters. The zero-order valence-electron chi connectivity index (χ0n) is 27.0. The molecule has 1 aromatic heterocycles. The zero-order chi connectivity index (χ0) is 33.5. The number of rotatable bonds is 13. The number of halogens is 1. The molecule has 2 aromatic carbocycles. The number of ether oxygens (including phenoxy) is 2. The first-order valence-electron chi connectivity index (χ1n) is 16.7. The van der Waals surface area contributed by atoms with E-state index in [-0.39, 0.29) is 30.6 Å².